The summed E-state index contributed by atoms with van der Waals surface area (Å²) in [5.41, 5.74) is 0. The summed E-state index contributed by atoms with van der Waals surface area (Å²) in [6.07, 6.45) is 6.32. The van der Waals surface area contributed by atoms with Crippen LogP contribution in [0.25, 0.3) is 0 Å². The molecule has 2 N–H and O–H groups in total. The number of aliphatic hydroxyl groups is 1. The van der Waals surface area contributed by atoms with Crippen LogP contribution in [-0.4, -0.2) is 24.2 Å². The highest BCUT2D eigenvalue weighted by atomic mass is 16.3. The number of aliphatic hydroxyl groups excluding tert-OH is 1. The number of rotatable bonds is 7. The normalized spacial score (nSPS) is 28.9. The van der Waals surface area contributed by atoms with E-state index in [0.717, 1.165) is 38.6 Å². The summed E-state index contributed by atoms with van der Waals surface area (Å²) in [5.74, 6) is 2.21. The second-order valence-electron chi connectivity index (χ2n) is 6.53. The Labute approximate surface area is 118 Å². The molecule has 1 aliphatic carbocycles. The van der Waals surface area contributed by atoms with E-state index < -0.39 is 0 Å². The van der Waals surface area contributed by atoms with Crippen molar-refractivity contribution in [3.05, 3.63) is 0 Å². The van der Waals surface area contributed by atoms with Crippen molar-refractivity contribution in [2.45, 2.75) is 59.3 Å². The molecule has 3 heteroatoms. The Morgan fingerprint density at radius 3 is 2.37 bits per heavy atom. The van der Waals surface area contributed by atoms with Gasteiger partial charge in [0.25, 0.3) is 0 Å². The molecule has 112 valence electrons. The molecule has 3 nitrogen and oxygen atoms in total. The minimum absolute atomic E-state index is 0.204. The molecule has 0 radical (unpaired) electrons. The third-order valence-electron chi connectivity index (χ3n) is 4.35. The Kier molecular flexibility index (Phi) is 7.44. The molecule has 0 aromatic rings. The Morgan fingerprint density at radius 1 is 1.21 bits per heavy atom. The third kappa shape index (κ3) is 5.94. The van der Waals surface area contributed by atoms with Crippen LogP contribution in [0.4, 0.5) is 0 Å². The van der Waals surface area contributed by atoms with E-state index in [1.165, 1.54) is 6.42 Å². The maximum absolute atomic E-state index is 12.2. The number of nitrogens with one attached hydrogen (secondary N) is 1. The van der Waals surface area contributed by atoms with Gasteiger partial charge in [-0.05, 0) is 49.9 Å². The average Bonchev–Trinajstić information content (AvgIpc) is 2.35. The largest absolute Gasteiger partial charge is 0.396 e. The van der Waals surface area contributed by atoms with Crippen molar-refractivity contribution in [2.75, 3.05) is 13.2 Å². The topological polar surface area (TPSA) is 49.3 Å². The summed E-state index contributed by atoms with van der Waals surface area (Å²) in [6.45, 7) is 7.60. The second-order valence-corrected chi connectivity index (χ2v) is 6.53. The zero-order valence-corrected chi connectivity index (χ0v) is 12.8. The summed E-state index contributed by atoms with van der Waals surface area (Å²) >= 11 is 0. The van der Waals surface area contributed by atoms with Gasteiger partial charge in [0.05, 0.1) is 0 Å². The quantitative estimate of drug-likeness (QED) is 0.746. The van der Waals surface area contributed by atoms with E-state index in [9.17, 15) is 4.79 Å². The first kappa shape index (κ1) is 16.5. The molecule has 1 fully saturated rings. The van der Waals surface area contributed by atoms with E-state index in [0.29, 0.717) is 17.8 Å². The first-order valence-electron chi connectivity index (χ1n) is 7.95. The van der Waals surface area contributed by atoms with E-state index in [-0.39, 0.29) is 18.4 Å². The fourth-order valence-electron chi connectivity index (χ4n) is 3.49. The predicted octanol–water partition coefficient (Wildman–Crippen LogP) is 2.97. The first-order chi connectivity index (χ1) is 9.06. The minimum atomic E-state index is 0.204. The van der Waals surface area contributed by atoms with E-state index in [2.05, 4.69) is 26.1 Å². The van der Waals surface area contributed by atoms with Gasteiger partial charge in [0.15, 0.2) is 0 Å². The van der Waals surface area contributed by atoms with Gasteiger partial charge >= 0.3 is 0 Å². The molecule has 1 rings (SSSR count). The van der Waals surface area contributed by atoms with Gasteiger partial charge < -0.3 is 10.4 Å². The van der Waals surface area contributed by atoms with Crippen molar-refractivity contribution >= 4 is 5.91 Å². The van der Waals surface area contributed by atoms with Crippen LogP contribution in [0, 0.1) is 23.7 Å². The standard InChI is InChI=1S/C16H31NO2/c1-4-5-14(6-7-18)11-17-16(19)15-9-12(2)8-13(3)10-15/h12-15,18H,4-11H2,1-3H3,(H,17,19). The molecule has 3 unspecified atom stereocenters. The van der Waals surface area contributed by atoms with Crippen LogP contribution in [0.2, 0.25) is 0 Å². The highest BCUT2D eigenvalue weighted by Crippen LogP contribution is 2.32. The van der Waals surface area contributed by atoms with Crippen LogP contribution >= 0.6 is 0 Å². The summed E-state index contributed by atoms with van der Waals surface area (Å²) < 4.78 is 0. The highest BCUT2D eigenvalue weighted by molar-refractivity contribution is 5.78. The first-order valence-corrected chi connectivity index (χ1v) is 7.95. The Balaban J connectivity index is 2.36. The molecule has 0 spiro atoms. The van der Waals surface area contributed by atoms with Gasteiger partial charge in [-0.3, -0.25) is 4.79 Å². The van der Waals surface area contributed by atoms with Crippen LogP contribution in [0.15, 0.2) is 0 Å². The maximum Gasteiger partial charge on any atom is 0.223 e. The lowest BCUT2D eigenvalue weighted by Crippen LogP contribution is -2.37. The highest BCUT2D eigenvalue weighted by Gasteiger charge is 2.28. The SMILES string of the molecule is CCCC(CCO)CNC(=O)C1CC(C)CC(C)C1. The molecule has 0 bridgehead atoms. The van der Waals surface area contributed by atoms with Crippen molar-refractivity contribution < 1.29 is 9.90 Å². The second kappa shape index (κ2) is 8.57. The maximum atomic E-state index is 12.2. The number of hydrogen-bond donors (Lipinski definition) is 2. The van der Waals surface area contributed by atoms with Crippen molar-refractivity contribution in [3.8, 4) is 0 Å². The van der Waals surface area contributed by atoms with Gasteiger partial charge in [0, 0.05) is 19.1 Å². The molecule has 1 aliphatic rings. The zero-order valence-electron chi connectivity index (χ0n) is 12.8. The van der Waals surface area contributed by atoms with Crippen LogP contribution in [0.3, 0.4) is 0 Å². The minimum Gasteiger partial charge on any atom is -0.396 e. The van der Waals surface area contributed by atoms with Crippen LogP contribution in [0.5, 0.6) is 0 Å². The van der Waals surface area contributed by atoms with Gasteiger partial charge in [-0.2, -0.15) is 0 Å². The molecular formula is C16H31NO2. The molecule has 0 saturated heterocycles. The zero-order chi connectivity index (χ0) is 14.3. The molecule has 0 aromatic heterocycles. The monoisotopic (exact) mass is 269 g/mol. The van der Waals surface area contributed by atoms with Crippen molar-refractivity contribution in [2.24, 2.45) is 23.7 Å². The van der Waals surface area contributed by atoms with E-state index in [4.69, 9.17) is 5.11 Å². The lowest BCUT2D eigenvalue weighted by molar-refractivity contribution is -0.127. The molecule has 1 amide bonds. The van der Waals surface area contributed by atoms with Gasteiger partial charge in [-0.25, -0.2) is 0 Å². The molecular weight excluding hydrogens is 238 g/mol. The van der Waals surface area contributed by atoms with Gasteiger partial charge in [0.1, 0.15) is 0 Å². The Morgan fingerprint density at radius 2 is 1.84 bits per heavy atom. The summed E-state index contributed by atoms with van der Waals surface area (Å²) in [5, 5.41) is 12.1. The van der Waals surface area contributed by atoms with Crippen LogP contribution in [0.1, 0.15) is 59.3 Å². The van der Waals surface area contributed by atoms with E-state index >= 15 is 0 Å². The summed E-state index contributed by atoms with van der Waals surface area (Å²) in [6, 6.07) is 0. The number of amides is 1. The molecule has 19 heavy (non-hydrogen) atoms. The van der Waals surface area contributed by atoms with Crippen molar-refractivity contribution in [1.82, 2.24) is 5.32 Å². The lowest BCUT2D eigenvalue weighted by atomic mass is 9.76. The number of carbonyl (C=O) groups is 1. The molecule has 3 atom stereocenters. The smallest absolute Gasteiger partial charge is 0.223 e. The molecule has 0 aliphatic heterocycles. The Bertz CT molecular complexity index is 251. The Hall–Kier alpha value is -0.570. The summed E-state index contributed by atoms with van der Waals surface area (Å²) in [4.78, 5) is 12.2. The van der Waals surface area contributed by atoms with Crippen LogP contribution in [-0.2, 0) is 4.79 Å². The predicted molar refractivity (Wildman–Crippen MR) is 78.8 cm³/mol. The molecule has 0 heterocycles. The van der Waals surface area contributed by atoms with Gasteiger partial charge in [-0.1, -0.05) is 27.2 Å². The molecule has 1 saturated carbocycles. The summed E-state index contributed by atoms with van der Waals surface area (Å²) in [7, 11) is 0. The van der Waals surface area contributed by atoms with Crippen LogP contribution < -0.4 is 5.32 Å². The van der Waals surface area contributed by atoms with E-state index in [1.54, 1.807) is 0 Å². The van der Waals surface area contributed by atoms with Gasteiger partial charge in [0.2, 0.25) is 5.91 Å². The fourth-order valence-corrected chi connectivity index (χ4v) is 3.49. The average molecular weight is 269 g/mol. The third-order valence-corrected chi connectivity index (χ3v) is 4.35. The molecule has 0 aromatic carbocycles. The van der Waals surface area contributed by atoms with E-state index in [1.807, 2.05) is 0 Å². The lowest BCUT2D eigenvalue weighted by Gasteiger charge is -2.31. The fraction of sp³-hybridized carbons (Fsp3) is 0.938. The van der Waals surface area contributed by atoms with Crippen molar-refractivity contribution in [3.63, 3.8) is 0 Å². The number of carbonyl (C=O) groups excluding carboxylic acids is 1. The number of hydrogen-bond acceptors (Lipinski definition) is 2. The van der Waals surface area contributed by atoms with Gasteiger partial charge in [-0.15, -0.1) is 0 Å². The van der Waals surface area contributed by atoms with Crippen molar-refractivity contribution in [1.29, 1.82) is 0 Å².